The summed E-state index contributed by atoms with van der Waals surface area (Å²) in [4.78, 5) is 21.9. The first-order valence-electron chi connectivity index (χ1n) is 6.17. The van der Waals surface area contributed by atoms with E-state index in [0.717, 1.165) is 6.29 Å². The van der Waals surface area contributed by atoms with Gasteiger partial charge >= 0.3 is 5.97 Å². The van der Waals surface area contributed by atoms with Crippen LogP contribution in [0.25, 0.3) is 0 Å². The SMILES string of the molecule is CCOC(=O)c1ccc(COc2ccc(C=O)cc2)o1. The molecule has 0 aliphatic heterocycles. The number of benzene rings is 1. The van der Waals surface area contributed by atoms with Crippen molar-refractivity contribution < 1.29 is 23.5 Å². The molecule has 0 fully saturated rings. The molecular formula is C15H14O5. The van der Waals surface area contributed by atoms with Crippen molar-refractivity contribution >= 4 is 12.3 Å². The molecule has 1 heterocycles. The summed E-state index contributed by atoms with van der Waals surface area (Å²) in [5.74, 6) is 0.799. The lowest BCUT2D eigenvalue weighted by molar-refractivity contribution is 0.0486. The summed E-state index contributed by atoms with van der Waals surface area (Å²) >= 11 is 0. The molecule has 1 aromatic heterocycles. The number of carbonyl (C=O) groups is 2. The average Bonchev–Trinajstić information content (AvgIpc) is 2.95. The van der Waals surface area contributed by atoms with E-state index in [2.05, 4.69) is 0 Å². The molecule has 0 amide bonds. The second-order valence-corrected chi connectivity index (χ2v) is 3.96. The van der Waals surface area contributed by atoms with Crippen LogP contribution in [0.3, 0.4) is 0 Å². The van der Waals surface area contributed by atoms with Gasteiger partial charge in [0.15, 0.2) is 0 Å². The highest BCUT2D eigenvalue weighted by Gasteiger charge is 2.12. The van der Waals surface area contributed by atoms with Crippen LogP contribution in [0.2, 0.25) is 0 Å². The molecule has 2 rings (SSSR count). The van der Waals surface area contributed by atoms with E-state index >= 15 is 0 Å². The fourth-order valence-corrected chi connectivity index (χ4v) is 1.56. The molecule has 0 atom stereocenters. The van der Waals surface area contributed by atoms with E-state index in [1.165, 1.54) is 0 Å². The maximum atomic E-state index is 11.4. The molecule has 0 saturated carbocycles. The van der Waals surface area contributed by atoms with Crippen molar-refractivity contribution in [2.45, 2.75) is 13.5 Å². The minimum absolute atomic E-state index is 0.154. The van der Waals surface area contributed by atoms with E-state index in [9.17, 15) is 9.59 Å². The molecule has 0 bridgehead atoms. The van der Waals surface area contributed by atoms with Crippen LogP contribution >= 0.6 is 0 Å². The summed E-state index contributed by atoms with van der Waals surface area (Å²) in [5.41, 5.74) is 0.583. The zero-order valence-corrected chi connectivity index (χ0v) is 11.0. The summed E-state index contributed by atoms with van der Waals surface area (Å²) in [6.45, 7) is 2.22. The van der Waals surface area contributed by atoms with E-state index in [4.69, 9.17) is 13.9 Å². The normalized spacial score (nSPS) is 10.1. The average molecular weight is 274 g/mol. The molecule has 2 aromatic rings. The zero-order valence-electron chi connectivity index (χ0n) is 11.0. The smallest absolute Gasteiger partial charge is 0.374 e. The standard InChI is InChI=1S/C15H14O5/c1-2-18-15(17)14-8-7-13(20-14)10-19-12-5-3-11(9-16)4-6-12/h3-9H,2,10H2,1H3. The number of furan rings is 1. The van der Waals surface area contributed by atoms with Crippen molar-refractivity contribution in [3.63, 3.8) is 0 Å². The Hall–Kier alpha value is -2.56. The summed E-state index contributed by atoms with van der Waals surface area (Å²) in [5, 5.41) is 0. The van der Waals surface area contributed by atoms with Gasteiger partial charge < -0.3 is 13.9 Å². The number of aldehydes is 1. The number of hydrogen-bond acceptors (Lipinski definition) is 5. The van der Waals surface area contributed by atoms with E-state index in [-0.39, 0.29) is 12.4 Å². The third-order valence-electron chi connectivity index (χ3n) is 2.54. The van der Waals surface area contributed by atoms with Crippen LogP contribution in [0, 0.1) is 0 Å². The van der Waals surface area contributed by atoms with Crippen LogP contribution in [0.5, 0.6) is 5.75 Å². The molecule has 0 spiro atoms. The van der Waals surface area contributed by atoms with E-state index in [1.807, 2.05) is 0 Å². The second kappa shape index (κ2) is 6.56. The maximum Gasteiger partial charge on any atom is 0.374 e. The molecule has 0 aliphatic carbocycles. The molecule has 0 unspecified atom stereocenters. The van der Waals surface area contributed by atoms with Gasteiger partial charge in [-0.3, -0.25) is 4.79 Å². The number of carbonyl (C=O) groups excluding carboxylic acids is 2. The third kappa shape index (κ3) is 3.47. The zero-order chi connectivity index (χ0) is 14.4. The predicted octanol–water partition coefficient (Wildman–Crippen LogP) is 2.85. The van der Waals surface area contributed by atoms with Crippen molar-refractivity contribution in [1.29, 1.82) is 0 Å². The monoisotopic (exact) mass is 274 g/mol. The van der Waals surface area contributed by atoms with Crippen LogP contribution in [-0.2, 0) is 11.3 Å². The van der Waals surface area contributed by atoms with Crippen molar-refractivity contribution in [3.8, 4) is 5.75 Å². The molecule has 0 aliphatic rings. The van der Waals surface area contributed by atoms with E-state index in [0.29, 0.717) is 23.7 Å². The van der Waals surface area contributed by atoms with Gasteiger partial charge in [0.1, 0.15) is 24.4 Å². The Kier molecular flexibility index (Phi) is 4.55. The Balaban J connectivity index is 1.93. The molecule has 5 heteroatoms. The van der Waals surface area contributed by atoms with Gasteiger partial charge in [-0.15, -0.1) is 0 Å². The molecule has 20 heavy (non-hydrogen) atoms. The largest absolute Gasteiger partial charge is 0.486 e. The quantitative estimate of drug-likeness (QED) is 0.598. The lowest BCUT2D eigenvalue weighted by atomic mass is 10.2. The lowest BCUT2D eigenvalue weighted by Gasteiger charge is -2.04. The van der Waals surface area contributed by atoms with E-state index < -0.39 is 5.97 Å². The Morgan fingerprint density at radius 3 is 2.60 bits per heavy atom. The minimum Gasteiger partial charge on any atom is -0.486 e. The van der Waals surface area contributed by atoms with Crippen LogP contribution in [0.15, 0.2) is 40.8 Å². The highest BCUT2D eigenvalue weighted by Crippen LogP contribution is 2.15. The highest BCUT2D eigenvalue weighted by molar-refractivity contribution is 5.86. The van der Waals surface area contributed by atoms with Gasteiger partial charge in [-0.2, -0.15) is 0 Å². The predicted molar refractivity (Wildman–Crippen MR) is 70.8 cm³/mol. The van der Waals surface area contributed by atoms with Crippen molar-refractivity contribution in [2.24, 2.45) is 0 Å². The fraction of sp³-hybridized carbons (Fsp3) is 0.200. The van der Waals surface area contributed by atoms with Gasteiger partial charge in [0.05, 0.1) is 6.61 Å². The second-order valence-electron chi connectivity index (χ2n) is 3.96. The Labute approximate surface area is 116 Å². The molecule has 0 saturated heterocycles. The van der Waals surface area contributed by atoms with Crippen LogP contribution < -0.4 is 4.74 Å². The first-order valence-corrected chi connectivity index (χ1v) is 6.17. The number of esters is 1. The maximum absolute atomic E-state index is 11.4. The summed E-state index contributed by atoms with van der Waals surface area (Å²) in [6.07, 6.45) is 0.766. The third-order valence-corrected chi connectivity index (χ3v) is 2.54. The minimum atomic E-state index is -0.492. The van der Waals surface area contributed by atoms with Gasteiger partial charge in [0.2, 0.25) is 5.76 Å². The topological polar surface area (TPSA) is 65.7 Å². The number of ether oxygens (including phenoxy) is 2. The number of rotatable bonds is 6. The first kappa shape index (κ1) is 13.9. The van der Waals surface area contributed by atoms with Crippen LogP contribution in [-0.4, -0.2) is 18.9 Å². The summed E-state index contributed by atoms with van der Waals surface area (Å²) in [7, 11) is 0. The fourth-order valence-electron chi connectivity index (χ4n) is 1.56. The lowest BCUT2D eigenvalue weighted by Crippen LogP contribution is -2.02. The van der Waals surface area contributed by atoms with Crippen LogP contribution in [0.4, 0.5) is 0 Å². The van der Waals surface area contributed by atoms with E-state index in [1.54, 1.807) is 43.3 Å². The molecule has 1 aromatic carbocycles. The Bertz CT molecular complexity index is 583. The van der Waals surface area contributed by atoms with Crippen molar-refractivity contribution in [3.05, 3.63) is 53.5 Å². The molecular weight excluding hydrogens is 260 g/mol. The highest BCUT2D eigenvalue weighted by atomic mass is 16.5. The molecule has 104 valence electrons. The molecule has 0 radical (unpaired) electrons. The van der Waals surface area contributed by atoms with Gasteiger partial charge in [-0.25, -0.2) is 4.79 Å². The summed E-state index contributed by atoms with van der Waals surface area (Å²) < 4.78 is 15.6. The number of hydrogen-bond donors (Lipinski definition) is 0. The Morgan fingerprint density at radius 2 is 1.95 bits per heavy atom. The van der Waals surface area contributed by atoms with Crippen molar-refractivity contribution in [2.75, 3.05) is 6.61 Å². The van der Waals surface area contributed by atoms with Gasteiger partial charge in [-0.05, 0) is 43.3 Å². The first-order chi connectivity index (χ1) is 9.72. The van der Waals surface area contributed by atoms with Gasteiger partial charge in [0, 0.05) is 5.56 Å². The molecule has 0 N–H and O–H groups in total. The Morgan fingerprint density at radius 1 is 1.20 bits per heavy atom. The van der Waals surface area contributed by atoms with Gasteiger partial charge in [-0.1, -0.05) is 0 Å². The molecule has 5 nitrogen and oxygen atoms in total. The van der Waals surface area contributed by atoms with Crippen LogP contribution in [0.1, 0.15) is 33.6 Å². The van der Waals surface area contributed by atoms with Gasteiger partial charge in [0.25, 0.3) is 0 Å². The summed E-state index contributed by atoms with van der Waals surface area (Å²) in [6, 6.07) is 9.92. The van der Waals surface area contributed by atoms with Crippen molar-refractivity contribution in [1.82, 2.24) is 0 Å².